The molecule has 0 saturated carbocycles. The number of hydrogen-bond donors (Lipinski definition) is 3. The van der Waals surface area contributed by atoms with Crippen LogP contribution >= 0.6 is 0 Å². The molecule has 2 saturated heterocycles. The Balaban J connectivity index is 1.85. The highest BCUT2D eigenvalue weighted by molar-refractivity contribution is 7.88. The van der Waals surface area contributed by atoms with Gasteiger partial charge in [0.1, 0.15) is 0 Å². The van der Waals surface area contributed by atoms with E-state index >= 15 is 0 Å². The summed E-state index contributed by atoms with van der Waals surface area (Å²) in [6, 6.07) is 0. The maximum absolute atomic E-state index is 12.7. The Morgan fingerprint density at radius 2 is 1.88 bits per heavy atom. The Kier molecular flexibility index (Phi) is 10.1. The van der Waals surface area contributed by atoms with Crippen molar-refractivity contribution in [3.05, 3.63) is 11.8 Å². The monoisotopic (exact) mass is 502 g/mol. The highest BCUT2D eigenvalue weighted by Gasteiger charge is 2.32. The third-order valence-electron chi connectivity index (χ3n) is 6.42. The molecule has 0 aromatic heterocycles. The fraction of sp³-hybridized carbons (Fsp3) is 0.826. The molecule has 2 fully saturated rings. The Hall–Kier alpha value is -1.53. The molecule has 11 heteroatoms. The van der Waals surface area contributed by atoms with Crippen LogP contribution in [0.4, 0.5) is 0 Å². The van der Waals surface area contributed by atoms with Gasteiger partial charge in [-0.3, -0.25) is 14.9 Å². The van der Waals surface area contributed by atoms with Gasteiger partial charge < -0.3 is 20.5 Å². The van der Waals surface area contributed by atoms with Crippen molar-refractivity contribution in [2.45, 2.75) is 71.6 Å². The molecule has 0 aromatic carbocycles. The molecule has 196 valence electrons. The molecule has 2 amide bonds. The predicted octanol–water partition coefficient (Wildman–Crippen LogP) is 1.08. The lowest BCUT2D eigenvalue weighted by atomic mass is 9.90. The minimum Gasteiger partial charge on any atom is -0.401 e. The summed E-state index contributed by atoms with van der Waals surface area (Å²) in [4.78, 5) is 25.2. The lowest BCUT2D eigenvalue weighted by Gasteiger charge is -2.33. The maximum Gasteiger partial charge on any atom is 0.252 e. The van der Waals surface area contributed by atoms with Crippen molar-refractivity contribution >= 4 is 21.8 Å². The number of nitrogens with two attached hydrogens (primary N) is 1. The molecule has 4 N–H and O–H groups in total. The minimum absolute atomic E-state index is 0.0933. The fourth-order valence-electron chi connectivity index (χ4n) is 3.84. The van der Waals surface area contributed by atoms with E-state index in [9.17, 15) is 18.0 Å². The largest absolute Gasteiger partial charge is 0.401 e. The second kappa shape index (κ2) is 11.9. The van der Waals surface area contributed by atoms with Gasteiger partial charge in [0.25, 0.3) is 5.91 Å². The Morgan fingerprint density at radius 3 is 2.50 bits per heavy atom. The zero-order valence-electron chi connectivity index (χ0n) is 21.2. The van der Waals surface area contributed by atoms with Crippen LogP contribution in [0.1, 0.15) is 59.8 Å². The number of imide groups is 1. The van der Waals surface area contributed by atoms with Gasteiger partial charge in [-0.2, -0.15) is 0 Å². The molecule has 0 bridgehead atoms. The number of rotatable bonds is 10. The Labute approximate surface area is 204 Å². The average Bonchev–Trinajstić information content (AvgIpc) is 2.76. The lowest BCUT2D eigenvalue weighted by molar-refractivity contribution is -0.173. The van der Waals surface area contributed by atoms with E-state index in [0.29, 0.717) is 38.5 Å². The number of carbonyl (C=O) groups excluding carboxylic acids is 2. The summed E-state index contributed by atoms with van der Waals surface area (Å²) in [5.41, 5.74) is 4.83. The number of nitrogens with zero attached hydrogens (tertiary/aromatic N) is 1. The minimum atomic E-state index is -3.23. The summed E-state index contributed by atoms with van der Waals surface area (Å²) < 4.78 is 36.5. The first-order chi connectivity index (χ1) is 15.7. The number of nitrogens with one attached hydrogen (secondary N) is 2. The van der Waals surface area contributed by atoms with Crippen molar-refractivity contribution in [3.63, 3.8) is 0 Å². The van der Waals surface area contributed by atoms with E-state index in [4.69, 9.17) is 15.2 Å². The molecule has 0 radical (unpaired) electrons. The molecule has 1 unspecified atom stereocenters. The third-order valence-corrected chi connectivity index (χ3v) is 7.69. The number of ether oxygens (including phenoxy) is 2. The molecule has 2 aliphatic rings. The smallest absolute Gasteiger partial charge is 0.252 e. The van der Waals surface area contributed by atoms with E-state index < -0.39 is 32.8 Å². The van der Waals surface area contributed by atoms with Crippen LogP contribution in [0.15, 0.2) is 11.8 Å². The van der Waals surface area contributed by atoms with Gasteiger partial charge in [0.2, 0.25) is 15.9 Å². The van der Waals surface area contributed by atoms with Gasteiger partial charge in [-0.1, -0.05) is 13.8 Å². The SMILES string of the molecule is CC(C)(COC1CCCCO1)C(N)=CC(=O)NC(=O)C(C)(C)NC[C@@H]1CCCN(S(C)(=O)=O)C1. The van der Waals surface area contributed by atoms with E-state index in [0.717, 1.165) is 32.1 Å². The summed E-state index contributed by atoms with van der Waals surface area (Å²) in [6.07, 6.45) is 6.76. The second-order valence-corrected chi connectivity index (χ2v) is 12.5. The van der Waals surface area contributed by atoms with Crippen LogP contribution < -0.4 is 16.4 Å². The van der Waals surface area contributed by atoms with Crippen molar-refractivity contribution in [2.75, 3.05) is 39.1 Å². The van der Waals surface area contributed by atoms with Crippen molar-refractivity contribution in [2.24, 2.45) is 17.1 Å². The van der Waals surface area contributed by atoms with Crippen molar-refractivity contribution in [3.8, 4) is 0 Å². The number of hydrogen-bond acceptors (Lipinski definition) is 8. The Morgan fingerprint density at radius 1 is 1.18 bits per heavy atom. The fourth-order valence-corrected chi connectivity index (χ4v) is 4.78. The number of piperidine rings is 1. The van der Waals surface area contributed by atoms with Crippen LogP contribution in [0.2, 0.25) is 0 Å². The molecule has 0 aromatic rings. The first-order valence-electron chi connectivity index (χ1n) is 12.0. The van der Waals surface area contributed by atoms with E-state index in [2.05, 4.69) is 10.6 Å². The predicted molar refractivity (Wildman–Crippen MR) is 130 cm³/mol. The summed E-state index contributed by atoms with van der Waals surface area (Å²) in [7, 11) is -3.23. The highest BCUT2D eigenvalue weighted by atomic mass is 32.2. The number of carbonyl (C=O) groups is 2. The molecule has 2 heterocycles. The summed E-state index contributed by atoms with van der Waals surface area (Å²) in [5.74, 6) is -0.988. The van der Waals surface area contributed by atoms with Gasteiger partial charge >= 0.3 is 0 Å². The lowest BCUT2D eigenvalue weighted by Crippen LogP contribution is -2.56. The number of amides is 2. The molecule has 0 spiro atoms. The van der Waals surface area contributed by atoms with Gasteiger partial charge in [-0.15, -0.1) is 0 Å². The normalized spacial score (nSPS) is 23.5. The second-order valence-electron chi connectivity index (χ2n) is 10.5. The van der Waals surface area contributed by atoms with E-state index in [1.54, 1.807) is 13.8 Å². The average molecular weight is 503 g/mol. The highest BCUT2D eigenvalue weighted by Crippen LogP contribution is 2.25. The van der Waals surface area contributed by atoms with E-state index in [1.165, 1.54) is 16.6 Å². The van der Waals surface area contributed by atoms with Crippen LogP contribution in [0, 0.1) is 11.3 Å². The standard InChI is InChI=1S/C23H42N4O6S/c1-22(2,16-33-20-10-6-7-12-32-20)18(24)13-19(28)26-21(29)23(3,4)25-14-17-9-8-11-27(15-17)34(5,30)31/h13,17,20,25H,6-12,14-16,24H2,1-5H3,(H,26,28,29)/t17-,20?/m0/s1. The van der Waals surface area contributed by atoms with Crippen LogP contribution in [-0.2, 0) is 29.1 Å². The van der Waals surface area contributed by atoms with E-state index in [1.807, 2.05) is 13.8 Å². The molecule has 10 nitrogen and oxygen atoms in total. The van der Waals surface area contributed by atoms with Crippen LogP contribution in [0.5, 0.6) is 0 Å². The van der Waals surface area contributed by atoms with Crippen LogP contribution in [0.3, 0.4) is 0 Å². The molecule has 2 rings (SSSR count). The summed E-state index contributed by atoms with van der Waals surface area (Å²) in [6.45, 7) is 9.48. The topological polar surface area (TPSA) is 140 Å². The zero-order valence-corrected chi connectivity index (χ0v) is 22.0. The van der Waals surface area contributed by atoms with Gasteiger partial charge in [0.05, 0.1) is 18.4 Å². The molecule has 0 aliphatic carbocycles. The molecule has 2 atom stereocenters. The van der Waals surface area contributed by atoms with Gasteiger partial charge in [0.15, 0.2) is 6.29 Å². The summed E-state index contributed by atoms with van der Waals surface area (Å²) >= 11 is 0. The van der Waals surface area contributed by atoms with Crippen molar-refractivity contribution in [1.82, 2.24) is 14.9 Å². The zero-order chi connectivity index (χ0) is 25.6. The molecule has 34 heavy (non-hydrogen) atoms. The summed E-state index contributed by atoms with van der Waals surface area (Å²) in [5, 5.41) is 5.56. The van der Waals surface area contributed by atoms with Gasteiger partial charge in [-0.25, -0.2) is 12.7 Å². The molecular weight excluding hydrogens is 460 g/mol. The first-order valence-corrected chi connectivity index (χ1v) is 13.8. The molecule has 2 aliphatic heterocycles. The number of sulfonamides is 1. The van der Waals surface area contributed by atoms with Crippen molar-refractivity contribution in [1.29, 1.82) is 0 Å². The quantitative estimate of drug-likeness (QED) is 0.377. The molecular formula is C23H42N4O6S. The Bertz CT molecular complexity index is 850. The first kappa shape index (κ1) is 28.7. The van der Waals surface area contributed by atoms with Crippen LogP contribution in [0.25, 0.3) is 0 Å². The third kappa shape index (κ3) is 8.92. The van der Waals surface area contributed by atoms with Gasteiger partial charge in [-0.05, 0) is 51.9 Å². The maximum atomic E-state index is 12.7. The van der Waals surface area contributed by atoms with Crippen molar-refractivity contribution < 1.29 is 27.5 Å². The van der Waals surface area contributed by atoms with E-state index in [-0.39, 0.29) is 12.2 Å². The van der Waals surface area contributed by atoms with Crippen LogP contribution in [-0.4, -0.2) is 75.5 Å². The van der Waals surface area contributed by atoms with Gasteiger partial charge in [0, 0.05) is 43.4 Å².